The second-order valence-electron chi connectivity index (χ2n) is 6.98. The number of nitriles is 1. The van der Waals surface area contributed by atoms with Crippen LogP contribution in [-0.4, -0.2) is 42.3 Å². The largest absolute Gasteiger partial charge is 0.367 e. The summed E-state index contributed by atoms with van der Waals surface area (Å²) < 4.78 is 21.5. The van der Waals surface area contributed by atoms with Crippen LogP contribution in [0.2, 0.25) is 0 Å². The predicted molar refractivity (Wildman–Crippen MR) is 106 cm³/mol. The molecule has 2 N–H and O–H groups in total. The first kappa shape index (κ1) is 20.7. The van der Waals surface area contributed by atoms with E-state index in [2.05, 4.69) is 10.6 Å². The smallest absolute Gasteiger partial charge is 0.251 e. The Bertz CT molecular complexity index is 975. The van der Waals surface area contributed by atoms with Crippen molar-refractivity contribution in [3.63, 3.8) is 0 Å². The van der Waals surface area contributed by atoms with Gasteiger partial charge in [-0.15, -0.1) is 0 Å². The summed E-state index contributed by atoms with van der Waals surface area (Å²) in [4.78, 5) is 23.9. The fourth-order valence-electron chi connectivity index (χ4n) is 3.15. The summed E-state index contributed by atoms with van der Waals surface area (Å²) in [6.07, 6.45) is 1.83. The van der Waals surface area contributed by atoms with Crippen LogP contribution in [0.25, 0.3) is 11.1 Å². The van der Waals surface area contributed by atoms with Gasteiger partial charge in [-0.25, -0.2) is 4.39 Å². The van der Waals surface area contributed by atoms with Gasteiger partial charge in [0.25, 0.3) is 5.91 Å². The fraction of sp³-hybridized carbons (Fsp3) is 0.381. The molecule has 0 aliphatic carbocycles. The van der Waals surface area contributed by atoms with Gasteiger partial charge in [-0.2, -0.15) is 5.26 Å². The minimum Gasteiger partial charge on any atom is -0.367 e. The van der Waals surface area contributed by atoms with E-state index in [0.29, 0.717) is 29.8 Å². The van der Waals surface area contributed by atoms with Crippen molar-refractivity contribution in [3.05, 3.63) is 58.3 Å². The summed E-state index contributed by atoms with van der Waals surface area (Å²) in [6.45, 7) is 1.63. The molecule has 1 aromatic heterocycles. The molecule has 1 fully saturated rings. The van der Waals surface area contributed by atoms with Crippen molar-refractivity contribution in [1.29, 1.82) is 5.26 Å². The van der Waals surface area contributed by atoms with E-state index in [1.165, 1.54) is 16.7 Å². The van der Waals surface area contributed by atoms with E-state index in [1.807, 2.05) is 6.07 Å². The average Bonchev–Trinajstić information content (AvgIpc) is 3.00. The zero-order valence-corrected chi connectivity index (χ0v) is 16.2. The number of halogens is 1. The van der Waals surface area contributed by atoms with E-state index in [-0.39, 0.29) is 17.9 Å². The van der Waals surface area contributed by atoms with E-state index >= 15 is 0 Å². The van der Waals surface area contributed by atoms with E-state index in [4.69, 9.17) is 4.74 Å². The predicted octanol–water partition coefficient (Wildman–Crippen LogP) is 1.12. The number of nitrogens with zero attached hydrogens (tertiary/aromatic N) is 2. The van der Waals surface area contributed by atoms with Gasteiger partial charge >= 0.3 is 0 Å². The summed E-state index contributed by atoms with van der Waals surface area (Å²) in [5.41, 5.74) is 1.51. The first-order valence-corrected chi connectivity index (χ1v) is 9.45. The molecule has 1 amide bonds. The van der Waals surface area contributed by atoms with Crippen LogP contribution in [-0.2, 0) is 23.0 Å². The van der Waals surface area contributed by atoms with Crippen molar-refractivity contribution in [3.8, 4) is 17.2 Å². The van der Waals surface area contributed by atoms with Gasteiger partial charge in [-0.05, 0) is 41.8 Å². The number of carbonyl (C=O) groups is 1. The van der Waals surface area contributed by atoms with Crippen LogP contribution in [0.5, 0.6) is 0 Å². The molecular weight excluding hydrogens is 375 g/mol. The Morgan fingerprint density at radius 3 is 2.93 bits per heavy atom. The number of hydrogen-bond donors (Lipinski definition) is 2. The van der Waals surface area contributed by atoms with E-state index in [0.717, 1.165) is 13.0 Å². The van der Waals surface area contributed by atoms with Gasteiger partial charge in [0, 0.05) is 38.9 Å². The van der Waals surface area contributed by atoms with Gasteiger partial charge in [0.2, 0.25) is 5.56 Å². The van der Waals surface area contributed by atoms with Crippen LogP contribution in [0, 0.1) is 17.1 Å². The van der Waals surface area contributed by atoms with Gasteiger partial charge in [0.1, 0.15) is 18.0 Å². The molecule has 1 aliphatic heterocycles. The molecule has 29 heavy (non-hydrogen) atoms. The summed E-state index contributed by atoms with van der Waals surface area (Å²) in [7, 11) is 1.63. The van der Waals surface area contributed by atoms with E-state index in [1.54, 1.807) is 31.4 Å². The lowest BCUT2D eigenvalue weighted by atomic mass is 10.0. The highest BCUT2D eigenvalue weighted by Gasteiger charge is 2.24. The summed E-state index contributed by atoms with van der Waals surface area (Å²) in [5, 5.41) is 15.1. The van der Waals surface area contributed by atoms with Gasteiger partial charge in [-0.1, -0.05) is 12.1 Å². The highest BCUT2D eigenvalue weighted by atomic mass is 19.1. The molecule has 152 valence electrons. The molecule has 2 heterocycles. The van der Waals surface area contributed by atoms with Crippen molar-refractivity contribution in [2.75, 3.05) is 19.7 Å². The minimum absolute atomic E-state index is 0.0434. The van der Waals surface area contributed by atoms with Gasteiger partial charge < -0.3 is 19.9 Å². The Morgan fingerprint density at radius 2 is 2.21 bits per heavy atom. The number of nitrogens with one attached hydrogen (secondary N) is 2. The first-order chi connectivity index (χ1) is 14.0. The second-order valence-corrected chi connectivity index (χ2v) is 6.98. The maximum Gasteiger partial charge on any atom is 0.251 e. The van der Waals surface area contributed by atoms with Crippen LogP contribution in [0.4, 0.5) is 4.39 Å². The molecular formula is C21H23FN4O3. The number of amides is 1. The number of hydrogen-bond acceptors (Lipinski definition) is 5. The number of pyridine rings is 1. The third kappa shape index (κ3) is 5.28. The molecule has 0 bridgehead atoms. The molecule has 2 aromatic rings. The monoisotopic (exact) mass is 398 g/mol. The number of rotatable bonds is 5. The lowest BCUT2D eigenvalue weighted by Gasteiger charge is -2.18. The maximum atomic E-state index is 14.6. The average molecular weight is 398 g/mol. The van der Waals surface area contributed by atoms with Crippen molar-refractivity contribution in [2.45, 2.75) is 25.0 Å². The molecule has 2 unspecified atom stereocenters. The van der Waals surface area contributed by atoms with E-state index in [9.17, 15) is 19.2 Å². The Kier molecular flexibility index (Phi) is 6.75. The Labute approximate surface area is 168 Å². The normalized spacial score (nSPS) is 17.8. The van der Waals surface area contributed by atoms with Crippen LogP contribution in [0.15, 0.2) is 41.3 Å². The zero-order chi connectivity index (χ0) is 20.8. The van der Waals surface area contributed by atoms with Crippen molar-refractivity contribution >= 4 is 5.91 Å². The van der Waals surface area contributed by atoms with Gasteiger partial charge in [-0.3, -0.25) is 9.59 Å². The number of aryl methyl sites for hydroxylation is 1. The molecule has 2 atom stereocenters. The summed E-state index contributed by atoms with van der Waals surface area (Å²) in [6, 6.07) is 8.89. The standard InChI is InChI=1S/C21H23FN4O3/c1-26-13-16(5-6-20(26)27)14-3-4-15(18(22)10-14)9-17(11-23)25-21(28)19-12-24-7-2-8-29-19/h3-6,10,13,17,19,24H,2,7-9,12H2,1H3,(H,25,28). The number of aromatic nitrogens is 1. The topological polar surface area (TPSA) is 96.2 Å². The van der Waals surface area contributed by atoms with E-state index < -0.39 is 18.0 Å². The molecule has 1 saturated heterocycles. The number of carbonyl (C=O) groups excluding carboxylic acids is 1. The molecule has 0 spiro atoms. The lowest BCUT2D eigenvalue weighted by Crippen LogP contribution is -2.46. The molecule has 8 heteroatoms. The van der Waals surface area contributed by atoms with Crippen molar-refractivity contribution < 1.29 is 13.9 Å². The zero-order valence-electron chi connectivity index (χ0n) is 16.2. The summed E-state index contributed by atoms with van der Waals surface area (Å²) >= 11 is 0. The Balaban J connectivity index is 1.69. The van der Waals surface area contributed by atoms with Crippen LogP contribution in [0.1, 0.15) is 12.0 Å². The molecule has 0 saturated carbocycles. The van der Waals surface area contributed by atoms with Crippen molar-refractivity contribution in [1.82, 2.24) is 15.2 Å². The van der Waals surface area contributed by atoms with Crippen LogP contribution < -0.4 is 16.2 Å². The molecule has 7 nitrogen and oxygen atoms in total. The molecule has 3 rings (SSSR count). The second kappa shape index (κ2) is 9.45. The SMILES string of the molecule is Cn1cc(-c2ccc(CC(C#N)NC(=O)C3CNCCCO3)c(F)c2)ccc1=O. The third-order valence-electron chi connectivity index (χ3n) is 4.81. The highest BCUT2D eigenvalue weighted by molar-refractivity contribution is 5.81. The molecule has 1 aliphatic rings. The number of ether oxygens (including phenoxy) is 1. The maximum absolute atomic E-state index is 14.6. The highest BCUT2D eigenvalue weighted by Crippen LogP contribution is 2.21. The van der Waals surface area contributed by atoms with Gasteiger partial charge in [0.15, 0.2) is 0 Å². The number of benzene rings is 1. The molecule has 0 radical (unpaired) electrons. The first-order valence-electron chi connectivity index (χ1n) is 9.45. The van der Waals surface area contributed by atoms with Gasteiger partial charge in [0.05, 0.1) is 6.07 Å². The molecule has 1 aromatic carbocycles. The van der Waals surface area contributed by atoms with Crippen LogP contribution >= 0.6 is 0 Å². The fourth-order valence-corrected chi connectivity index (χ4v) is 3.15. The minimum atomic E-state index is -0.868. The van der Waals surface area contributed by atoms with Crippen LogP contribution in [0.3, 0.4) is 0 Å². The lowest BCUT2D eigenvalue weighted by molar-refractivity contribution is -0.132. The quantitative estimate of drug-likeness (QED) is 0.787. The van der Waals surface area contributed by atoms with Crippen molar-refractivity contribution in [2.24, 2.45) is 7.05 Å². The Hall–Kier alpha value is -3.02. The third-order valence-corrected chi connectivity index (χ3v) is 4.81. The summed E-state index contributed by atoms with van der Waals surface area (Å²) in [5.74, 6) is -0.855. The Morgan fingerprint density at radius 1 is 1.41 bits per heavy atom.